The highest BCUT2D eigenvalue weighted by atomic mass is 16.4. The Hall–Kier alpha value is -14.0. The van der Waals surface area contributed by atoms with Crippen molar-refractivity contribution in [1.82, 2.24) is 74.4 Å². The van der Waals surface area contributed by atoms with Crippen molar-refractivity contribution in [2.45, 2.75) is 209 Å². The van der Waals surface area contributed by atoms with Gasteiger partial charge in [0.1, 0.15) is 84.0 Å². The van der Waals surface area contributed by atoms with Gasteiger partial charge in [-0.05, 0) is 122 Å². The second-order valence-corrected chi connectivity index (χ2v) is 31.2. The predicted molar refractivity (Wildman–Crippen MR) is 463 cm³/mol. The number of primary amides is 2. The smallest absolute Gasteiger partial charge is 0.325 e. The number of hydrogen-bond acceptors (Lipinski definition) is 23. The van der Waals surface area contributed by atoms with Gasteiger partial charge in [0.05, 0.1) is 32.2 Å². The number of rotatable bonds is 56. The number of hydrogen-bond donors (Lipinski definition) is 23. The van der Waals surface area contributed by atoms with E-state index >= 15 is 19.2 Å². The van der Waals surface area contributed by atoms with Crippen molar-refractivity contribution in [2.24, 2.45) is 34.8 Å². The van der Waals surface area contributed by atoms with Crippen LogP contribution in [0.3, 0.4) is 0 Å². The predicted octanol–water partition coefficient (Wildman–Crippen LogP) is -3.69. The maximum Gasteiger partial charge on any atom is 0.325 e. The van der Waals surface area contributed by atoms with Crippen LogP contribution in [0.1, 0.15) is 127 Å². The summed E-state index contributed by atoms with van der Waals surface area (Å²) in [5.74, 6) is -20.0. The maximum atomic E-state index is 15.4. The van der Waals surface area contributed by atoms with Crippen molar-refractivity contribution in [3.63, 3.8) is 0 Å². The summed E-state index contributed by atoms with van der Waals surface area (Å²) < 4.78 is 0. The molecule has 0 unspecified atom stereocenters. The molecule has 0 saturated heterocycles. The van der Waals surface area contributed by atoms with Gasteiger partial charge in [-0.3, -0.25) is 86.3 Å². The third-order valence-electron chi connectivity index (χ3n) is 20.3. The number of aliphatic carboxylic acids is 2. The molecule has 16 amide bonds. The Morgan fingerprint density at radius 1 is 0.359 bits per heavy atom. The Balaban J connectivity index is 1.40. The molecule has 0 heterocycles. The quantitative estimate of drug-likeness (QED) is 0.0167. The standard InChI is InChI=1S/C87H118N18O23/c1-6-49(4)74(105-79(119)59(24-16-17-37-88)95-71(111)45-92-76(116)60(34-36-73(113)114)97-85(125)68(47-106)104-75(115)58(89)39-54-25-29-56(107)30-26-54)86(126)103-66(42-53-22-14-9-15-23-53)83(123)101-64(41-52-20-12-8-13-21-52)81(121)102-65(43-55-27-31-57(108)32-28-55)82(122)100-63(40-51-18-10-7-11-19-51)80(120)99-62(38-48(2)3)77(117)93-46-72(112)96-67(44-70(91)110)84(124)98-61(33-35-69(90)109)78(118)94-50(5)87(127)128/h7-15,18-23,25-32,48-50,58-68,74,106-108H,6,16-17,24,33-47,88-89H2,1-5H3,(H2,90,109)(H2,91,110)(H,92,116)(H,93,117)(H,94,118)(H,95,111)(H,96,112)(H,97,125)(H,98,124)(H,99,120)(H,100,122)(H,101,123)(H,102,121)(H,103,126)(H,104,115)(H,105,119)(H,113,114)(H,127,128)/t49-,50-,58-,59-,60-,61-,62-,63-,64-,65-,66-,67-,68-,74-/m0/s1. The van der Waals surface area contributed by atoms with Gasteiger partial charge in [-0.25, -0.2) is 0 Å². The van der Waals surface area contributed by atoms with Crippen molar-refractivity contribution in [2.75, 3.05) is 26.2 Å². The number of carboxylic acid groups (broad SMARTS) is 2. The van der Waals surface area contributed by atoms with E-state index in [2.05, 4.69) is 74.4 Å². The van der Waals surface area contributed by atoms with Crippen molar-refractivity contribution in [3.8, 4) is 11.5 Å². The number of phenolic OH excluding ortho intramolecular Hbond substituents is 2. The lowest BCUT2D eigenvalue weighted by Gasteiger charge is -2.30. The molecule has 0 bridgehead atoms. The SMILES string of the molecule is CC[C@H](C)[C@H](NC(=O)[C@H](CCCCN)NC(=O)CNC(=O)[C@H](CCC(=O)O)NC(=O)[C@H](CO)NC(=O)[C@@H](N)Cc1ccc(O)cc1)C(=O)N[C@@H](Cc1ccccc1)C(=O)N[C@@H](Cc1ccccc1)C(=O)N[C@@H](Cc1ccc(O)cc1)C(=O)N[C@@H](Cc1ccccc1)C(=O)N[C@@H](CC(C)C)C(=O)NCC(=O)N[C@@H](CC(N)=O)C(=O)N[C@@H](CCC(N)=O)C(=O)N[C@@H](C)C(=O)O. The molecule has 5 aromatic rings. The Bertz CT molecular complexity index is 4590. The van der Waals surface area contributed by atoms with Crippen LogP contribution in [0.25, 0.3) is 0 Å². The molecule has 0 aliphatic heterocycles. The van der Waals surface area contributed by atoms with Crippen molar-refractivity contribution in [3.05, 3.63) is 167 Å². The lowest BCUT2D eigenvalue weighted by atomic mass is 9.96. The molecule has 0 fully saturated rings. The van der Waals surface area contributed by atoms with E-state index in [0.717, 1.165) is 6.92 Å². The lowest BCUT2D eigenvalue weighted by Crippen LogP contribution is -2.61. The van der Waals surface area contributed by atoms with Crippen LogP contribution in [0.5, 0.6) is 11.5 Å². The Labute approximate surface area is 738 Å². The van der Waals surface area contributed by atoms with Crippen molar-refractivity contribution >= 4 is 106 Å². The van der Waals surface area contributed by atoms with Gasteiger partial charge < -0.3 is 123 Å². The number of carbonyl (C=O) groups is 18. The zero-order chi connectivity index (χ0) is 94.7. The van der Waals surface area contributed by atoms with Crippen LogP contribution < -0.4 is 97.4 Å². The molecular formula is C87H118N18O23. The molecule has 5 aromatic carbocycles. The number of phenols is 2. The topological polar surface area (TPSA) is 681 Å². The Morgan fingerprint density at radius 3 is 1.12 bits per heavy atom. The number of aliphatic hydroxyl groups excluding tert-OH is 1. The highest BCUT2D eigenvalue weighted by Crippen LogP contribution is 2.18. The van der Waals surface area contributed by atoms with Crippen LogP contribution >= 0.6 is 0 Å². The number of amides is 16. The average molecular weight is 1780 g/mol. The van der Waals surface area contributed by atoms with Gasteiger partial charge in [0, 0.05) is 38.5 Å². The van der Waals surface area contributed by atoms with Gasteiger partial charge in [0.15, 0.2) is 0 Å². The van der Waals surface area contributed by atoms with Crippen LogP contribution in [0.2, 0.25) is 0 Å². The van der Waals surface area contributed by atoms with Crippen LogP contribution in [-0.4, -0.2) is 237 Å². The highest BCUT2D eigenvalue weighted by molar-refractivity contribution is 6.01. The summed E-state index contributed by atoms with van der Waals surface area (Å²) >= 11 is 0. The molecule has 0 aliphatic carbocycles. The number of carbonyl (C=O) groups excluding carboxylic acids is 16. The second-order valence-electron chi connectivity index (χ2n) is 31.2. The summed E-state index contributed by atoms with van der Waals surface area (Å²) in [4.78, 5) is 246. The van der Waals surface area contributed by atoms with E-state index in [9.17, 15) is 92.7 Å². The number of unbranched alkanes of at least 4 members (excludes halogenated alkanes) is 1. The largest absolute Gasteiger partial charge is 0.508 e. The molecule has 0 spiro atoms. The summed E-state index contributed by atoms with van der Waals surface area (Å²) in [6.07, 6.45) is -3.39. The molecule has 0 saturated carbocycles. The van der Waals surface area contributed by atoms with E-state index in [1.54, 1.807) is 119 Å². The molecule has 694 valence electrons. The third-order valence-corrected chi connectivity index (χ3v) is 20.3. The molecule has 41 nitrogen and oxygen atoms in total. The van der Waals surface area contributed by atoms with Gasteiger partial charge in [-0.15, -0.1) is 0 Å². The third kappa shape index (κ3) is 37.9. The Kier molecular flexibility index (Phi) is 44.2. The van der Waals surface area contributed by atoms with Gasteiger partial charge in [0.2, 0.25) is 94.5 Å². The van der Waals surface area contributed by atoms with Gasteiger partial charge in [0.25, 0.3) is 0 Å². The van der Waals surface area contributed by atoms with Crippen molar-refractivity contribution < 1.29 is 112 Å². The molecule has 41 heteroatoms. The molecule has 0 radical (unpaired) electrons. The Morgan fingerprint density at radius 2 is 0.711 bits per heavy atom. The first kappa shape index (κ1) is 105. The van der Waals surface area contributed by atoms with Crippen LogP contribution in [0.15, 0.2) is 140 Å². The van der Waals surface area contributed by atoms with Gasteiger partial charge in [-0.1, -0.05) is 149 Å². The molecule has 14 atom stereocenters. The van der Waals surface area contributed by atoms with Crippen molar-refractivity contribution in [1.29, 1.82) is 0 Å². The number of carboxylic acids is 2. The zero-order valence-electron chi connectivity index (χ0n) is 71.8. The van der Waals surface area contributed by atoms with E-state index in [-0.39, 0.29) is 81.7 Å². The van der Waals surface area contributed by atoms with E-state index < -0.39 is 243 Å². The average Bonchev–Trinajstić information content (AvgIpc) is 0.835. The van der Waals surface area contributed by atoms with Crippen LogP contribution in [-0.2, 0) is 118 Å². The number of aromatic hydroxyl groups is 2. The maximum absolute atomic E-state index is 15.4. The fraction of sp³-hybridized carbons (Fsp3) is 0.448. The highest BCUT2D eigenvalue weighted by Gasteiger charge is 2.39. The zero-order valence-corrected chi connectivity index (χ0v) is 71.8. The molecule has 128 heavy (non-hydrogen) atoms. The summed E-state index contributed by atoms with van der Waals surface area (Å²) in [5, 5.41) is 83.9. The molecular weight excluding hydrogens is 1670 g/mol. The molecule has 27 N–H and O–H groups in total. The van der Waals surface area contributed by atoms with Gasteiger partial charge in [-0.2, -0.15) is 0 Å². The molecule has 5 rings (SSSR count). The first-order valence-corrected chi connectivity index (χ1v) is 41.7. The van der Waals surface area contributed by atoms with E-state index in [0.29, 0.717) is 34.2 Å². The van der Waals surface area contributed by atoms with Gasteiger partial charge >= 0.3 is 11.9 Å². The van der Waals surface area contributed by atoms with Crippen LogP contribution in [0.4, 0.5) is 0 Å². The fourth-order valence-electron chi connectivity index (χ4n) is 13.0. The normalized spacial score (nSPS) is 14.3. The monoisotopic (exact) mass is 1780 g/mol. The summed E-state index contributed by atoms with van der Waals surface area (Å²) in [6.45, 7) is 5.31. The minimum absolute atomic E-state index is 0.0390. The fourth-order valence-corrected chi connectivity index (χ4v) is 13.0. The van der Waals surface area contributed by atoms with E-state index in [1.165, 1.54) is 48.5 Å². The first-order chi connectivity index (χ1) is 60.8. The summed E-state index contributed by atoms with van der Waals surface area (Å²) in [6, 6.07) is 16.3. The van der Waals surface area contributed by atoms with Crippen LogP contribution in [0, 0.1) is 11.8 Å². The molecule has 0 aromatic heterocycles. The lowest BCUT2D eigenvalue weighted by molar-refractivity contribution is -0.142. The minimum Gasteiger partial charge on any atom is -0.508 e. The number of aliphatic hydroxyl groups is 1. The first-order valence-electron chi connectivity index (χ1n) is 41.7. The molecule has 0 aliphatic rings. The minimum atomic E-state index is -1.81. The summed E-state index contributed by atoms with van der Waals surface area (Å²) in [5.41, 5.74) is 25.0. The number of benzene rings is 5. The van der Waals surface area contributed by atoms with E-state index in [1.807, 2.05) is 0 Å². The number of nitrogens with two attached hydrogens (primary N) is 4. The summed E-state index contributed by atoms with van der Waals surface area (Å²) in [7, 11) is 0. The second kappa shape index (κ2) is 54.0. The number of nitrogens with one attached hydrogen (secondary N) is 14. The van der Waals surface area contributed by atoms with E-state index in [4.69, 9.17) is 22.9 Å².